The number of carbonyl (C=O) groups excluding carboxylic acids is 1. The quantitative estimate of drug-likeness (QED) is 0.891. The van der Waals surface area contributed by atoms with Crippen molar-refractivity contribution < 1.29 is 4.79 Å². The van der Waals surface area contributed by atoms with Crippen LogP contribution in [-0.2, 0) is 0 Å². The molecule has 1 aliphatic heterocycles. The van der Waals surface area contributed by atoms with Crippen LogP contribution in [0, 0.1) is 0 Å². The van der Waals surface area contributed by atoms with Crippen LogP contribution in [0.5, 0.6) is 0 Å². The van der Waals surface area contributed by atoms with Crippen molar-refractivity contribution in [3.63, 3.8) is 0 Å². The summed E-state index contributed by atoms with van der Waals surface area (Å²) in [6, 6.07) is 1.86. The molecule has 2 aromatic heterocycles. The van der Waals surface area contributed by atoms with Crippen LogP contribution in [0.2, 0.25) is 0 Å². The lowest BCUT2D eigenvalue weighted by Crippen LogP contribution is -2.48. The van der Waals surface area contributed by atoms with Gasteiger partial charge in [0.1, 0.15) is 5.69 Å². The molecule has 7 nitrogen and oxygen atoms in total. The number of nitrogens with one attached hydrogen (secondary N) is 1. The molecule has 21 heavy (non-hydrogen) atoms. The summed E-state index contributed by atoms with van der Waals surface area (Å²) in [5.41, 5.74) is 0.339. The number of aromatic nitrogens is 4. The molecule has 0 aliphatic carbocycles. The smallest absolute Gasteiger partial charge is 0.271 e. The van der Waals surface area contributed by atoms with Gasteiger partial charge in [-0.15, -0.1) is 0 Å². The summed E-state index contributed by atoms with van der Waals surface area (Å²) in [5.74, 6) is 0.514. The van der Waals surface area contributed by atoms with E-state index in [4.69, 9.17) is 0 Å². The molecule has 2 aromatic rings. The van der Waals surface area contributed by atoms with E-state index in [-0.39, 0.29) is 11.9 Å². The Morgan fingerprint density at radius 2 is 2.05 bits per heavy atom. The number of carbonyl (C=O) groups is 1. The maximum Gasteiger partial charge on any atom is 0.271 e. The molecule has 3 heterocycles. The van der Waals surface area contributed by atoms with Crippen LogP contribution in [0.25, 0.3) is 0 Å². The molecule has 108 valence electrons. The fourth-order valence-corrected chi connectivity index (χ4v) is 2.41. The Labute approximate surface area is 122 Å². The summed E-state index contributed by atoms with van der Waals surface area (Å²) in [4.78, 5) is 30.6. The zero-order chi connectivity index (χ0) is 14.5. The molecule has 1 fully saturated rings. The Hall–Kier alpha value is -2.57. The second kappa shape index (κ2) is 6.25. The van der Waals surface area contributed by atoms with Crippen molar-refractivity contribution in [3.8, 4) is 0 Å². The first-order chi connectivity index (χ1) is 10.3. The minimum absolute atomic E-state index is 0.0667. The molecule has 1 N–H and O–H groups in total. The number of nitrogens with zero attached hydrogens (tertiary/aromatic N) is 5. The molecule has 0 aromatic carbocycles. The van der Waals surface area contributed by atoms with Gasteiger partial charge in [0.25, 0.3) is 5.91 Å². The topological polar surface area (TPSA) is 83.9 Å². The van der Waals surface area contributed by atoms with E-state index in [0.29, 0.717) is 18.2 Å². The molecule has 0 radical (unpaired) electrons. The molecule has 1 amide bonds. The van der Waals surface area contributed by atoms with Gasteiger partial charge in [0.05, 0.1) is 6.20 Å². The molecule has 0 bridgehead atoms. The second-order valence-corrected chi connectivity index (χ2v) is 4.90. The van der Waals surface area contributed by atoms with E-state index < -0.39 is 0 Å². The number of piperidine rings is 1. The number of anilines is 1. The minimum Gasteiger partial charge on any atom is -0.346 e. The Morgan fingerprint density at radius 3 is 2.81 bits per heavy atom. The van der Waals surface area contributed by atoms with Crippen molar-refractivity contribution >= 4 is 11.9 Å². The predicted molar refractivity (Wildman–Crippen MR) is 76.8 cm³/mol. The van der Waals surface area contributed by atoms with E-state index in [9.17, 15) is 4.79 Å². The van der Waals surface area contributed by atoms with E-state index in [2.05, 4.69) is 30.2 Å². The highest BCUT2D eigenvalue weighted by molar-refractivity contribution is 5.92. The van der Waals surface area contributed by atoms with Gasteiger partial charge in [0.15, 0.2) is 0 Å². The third-order valence-electron chi connectivity index (χ3n) is 3.39. The van der Waals surface area contributed by atoms with Crippen molar-refractivity contribution in [2.45, 2.75) is 18.9 Å². The third kappa shape index (κ3) is 3.31. The molecule has 1 atom stereocenters. The predicted octanol–water partition coefficient (Wildman–Crippen LogP) is 0.665. The van der Waals surface area contributed by atoms with Crippen LogP contribution in [0.3, 0.4) is 0 Å². The van der Waals surface area contributed by atoms with Gasteiger partial charge >= 0.3 is 0 Å². The summed E-state index contributed by atoms with van der Waals surface area (Å²) in [7, 11) is 0. The lowest BCUT2D eigenvalue weighted by molar-refractivity contribution is 0.0927. The van der Waals surface area contributed by atoms with Gasteiger partial charge in [-0.05, 0) is 18.9 Å². The number of hydrogen-bond acceptors (Lipinski definition) is 6. The van der Waals surface area contributed by atoms with E-state index in [1.807, 2.05) is 0 Å². The Morgan fingerprint density at radius 1 is 1.19 bits per heavy atom. The normalized spacial score (nSPS) is 18.3. The fraction of sp³-hybridized carbons (Fsp3) is 0.357. The first-order valence-corrected chi connectivity index (χ1v) is 6.92. The van der Waals surface area contributed by atoms with Gasteiger partial charge in [0.2, 0.25) is 5.95 Å². The van der Waals surface area contributed by atoms with Gasteiger partial charge < -0.3 is 10.2 Å². The van der Waals surface area contributed by atoms with Crippen molar-refractivity contribution in [1.82, 2.24) is 25.3 Å². The fourth-order valence-electron chi connectivity index (χ4n) is 2.41. The van der Waals surface area contributed by atoms with Gasteiger partial charge in [-0.2, -0.15) is 0 Å². The largest absolute Gasteiger partial charge is 0.346 e. The average Bonchev–Trinajstić information content (AvgIpc) is 2.57. The van der Waals surface area contributed by atoms with Crippen LogP contribution < -0.4 is 10.2 Å². The van der Waals surface area contributed by atoms with Crippen molar-refractivity contribution in [3.05, 3.63) is 42.7 Å². The molecular formula is C14H16N6O. The summed E-state index contributed by atoms with van der Waals surface area (Å²) >= 11 is 0. The van der Waals surface area contributed by atoms with Crippen LogP contribution in [0.1, 0.15) is 23.3 Å². The van der Waals surface area contributed by atoms with E-state index in [1.165, 1.54) is 12.4 Å². The molecule has 0 unspecified atom stereocenters. The molecule has 1 saturated heterocycles. The summed E-state index contributed by atoms with van der Waals surface area (Å²) < 4.78 is 0. The second-order valence-electron chi connectivity index (χ2n) is 4.90. The maximum absolute atomic E-state index is 12.1. The van der Waals surface area contributed by atoms with Crippen molar-refractivity contribution in [2.24, 2.45) is 0 Å². The van der Waals surface area contributed by atoms with Crippen LogP contribution in [-0.4, -0.2) is 45.0 Å². The van der Waals surface area contributed by atoms with Crippen LogP contribution in [0.4, 0.5) is 5.95 Å². The zero-order valence-electron chi connectivity index (χ0n) is 11.5. The van der Waals surface area contributed by atoms with Gasteiger partial charge in [-0.1, -0.05) is 0 Å². The van der Waals surface area contributed by atoms with Gasteiger partial charge in [-0.3, -0.25) is 9.78 Å². The lowest BCUT2D eigenvalue weighted by atomic mass is 10.1. The first-order valence-electron chi connectivity index (χ1n) is 6.92. The number of rotatable bonds is 3. The zero-order valence-corrected chi connectivity index (χ0v) is 11.5. The van der Waals surface area contributed by atoms with E-state index in [1.54, 1.807) is 24.7 Å². The Kier molecular flexibility index (Phi) is 3.99. The average molecular weight is 284 g/mol. The van der Waals surface area contributed by atoms with Crippen LogP contribution >= 0.6 is 0 Å². The summed E-state index contributed by atoms with van der Waals surface area (Å²) in [6.45, 7) is 1.61. The van der Waals surface area contributed by atoms with E-state index in [0.717, 1.165) is 19.4 Å². The minimum atomic E-state index is -0.191. The van der Waals surface area contributed by atoms with Gasteiger partial charge in [0, 0.05) is 43.9 Å². The number of amides is 1. The van der Waals surface area contributed by atoms with Crippen LogP contribution in [0.15, 0.2) is 37.1 Å². The molecule has 0 spiro atoms. The maximum atomic E-state index is 12.1. The monoisotopic (exact) mass is 284 g/mol. The Balaban J connectivity index is 1.63. The van der Waals surface area contributed by atoms with Gasteiger partial charge in [-0.25, -0.2) is 15.0 Å². The molecule has 1 aliphatic rings. The summed E-state index contributed by atoms with van der Waals surface area (Å²) in [5, 5.41) is 3.00. The highest BCUT2D eigenvalue weighted by atomic mass is 16.2. The standard InChI is InChI=1S/C14H16N6O/c21-13(12-9-15-6-7-16-12)19-11-3-1-8-20(10-11)14-17-4-2-5-18-14/h2,4-7,9,11H,1,3,8,10H2,(H,19,21)/t11-/m1/s1. The highest BCUT2D eigenvalue weighted by Crippen LogP contribution is 2.15. The lowest BCUT2D eigenvalue weighted by Gasteiger charge is -2.32. The van der Waals surface area contributed by atoms with Crippen molar-refractivity contribution in [2.75, 3.05) is 18.0 Å². The SMILES string of the molecule is O=C(N[C@@H]1CCCN(c2ncccn2)C1)c1cnccn1. The molecule has 3 rings (SSSR count). The Bertz CT molecular complexity index is 591. The molecule has 0 saturated carbocycles. The summed E-state index contributed by atoms with van der Waals surface area (Å²) in [6.07, 6.45) is 9.91. The number of hydrogen-bond donors (Lipinski definition) is 1. The first kappa shape index (κ1) is 13.4. The third-order valence-corrected chi connectivity index (χ3v) is 3.39. The molecular weight excluding hydrogens is 268 g/mol. The molecule has 7 heteroatoms. The van der Waals surface area contributed by atoms with Crippen molar-refractivity contribution in [1.29, 1.82) is 0 Å². The highest BCUT2D eigenvalue weighted by Gasteiger charge is 2.23. The van der Waals surface area contributed by atoms with E-state index >= 15 is 0 Å².